The lowest BCUT2D eigenvalue weighted by atomic mass is 9.92. The van der Waals surface area contributed by atoms with Gasteiger partial charge in [-0.05, 0) is 31.6 Å². The third-order valence-corrected chi connectivity index (χ3v) is 2.95. The molecule has 0 atom stereocenters. The summed E-state index contributed by atoms with van der Waals surface area (Å²) in [6.45, 7) is 8.06. The van der Waals surface area contributed by atoms with Crippen molar-refractivity contribution in [2.75, 3.05) is 0 Å². The second kappa shape index (κ2) is 5.04. The minimum Gasteiger partial charge on any atom is -0.543 e. The quantitative estimate of drug-likeness (QED) is 0.730. The van der Waals surface area contributed by atoms with E-state index in [-0.39, 0.29) is 11.6 Å². The predicted octanol–water partition coefficient (Wildman–Crippen LogP) is 2.79. The molecule has 1 rings (SSSR count). The van der Waals surface area contributed by atoms with E-state index in [4.69, 9.17) is 12.3 Å². The summed E-state index contributed by atoms with van der Waals surface area (Å²) in [7, 11) is 3.92. The first-order chi connectivity index (χ1) is 7.35. The molecule has 0 aliphatic rings. The van der Waals surface area contributed by atoms with E-state index in [1.165, 1.54) is 0 Å². The molecule has 0 bridgehead atoms. The normalized spacial score (nSPS) is 11.6. The summed E-state index contributed by atoms with van der Waals surface area (Å²) in [5, 5.41) is 0. The molecule has 1 aromatic rings. The Balaban J connectivity index is 3.11. The van der Waals surface area contributed by atoms with Crippen LogP contribution in [0.2, 0.25) is 19.6 Å². The van der Waals surface area contributed by atoms with Crippen molar-refractivity contribution in [1.29, 1.82) is 0 Å². The molecule has 0 fully saturated rings. The van der Waals surface area contributed by atoms with Crippen LogP contribution in [-0.4, -0.2) is 16.2 Å². The lowest BCUT2D eigenvalue weighted by molar-refractivity contribution is 0.493. The molecule has 2 radical (unpaired) electrons. The van der Waals surface area contributed by atoms with Gasteiger partial charge in [0.2, 0.25) is 8.32 Å². The molecule has 1 aromatic carbocycles. The summed E-state index contributed by atoms with van der Waals surface area (Å²) in [6.07, 6.45) is 1.63. The van der Waals surface area contributed by atoms with E-state index in [2.05, 4.69) is 0 Å². The Labute approximate surface area is 99.6 Å². The van der Waals surface area contributed by atoms with Crippen LogP contribution in [0.5, 0.6) is 5.75 Å². The molecule has 0 aliphatic carbocycles. The van der Waals surface area contributed by atoms with Crippen LogP contribution >= 0.6 is 0 Å². The van der Waals surface area contributed by atoms with Crippen molar-refractivity contribution in [2.24, 2.45) is 0 Å². The van der Waals surface area contributed by atoms with E-state index in [0.717, 1.165) is 6.42 Å². The van der Waals surface area contributed by atoms with Gasteiger partial charge in [-0.15, -0.1) is 0 Å². The summed E-state index contributed by atoms with van der Waals surface area (Å²) >= 11 is 0. The highest BCUT2D eigenvalue weighted by Crippen LogP contribution is 2.22. The Hall–Kier alpha value is -0.768. The highest BCUT2D eigenvalue weighted by Gasteiger charge is 2.21. The van der Waals surface area contributed by atoms with Crippen LogP contribution in [-0.2, 0) is 6.42 Å². The first-order valence-electron chi connectivity index (χ1n) is 5.61. The SMILES string of the molecule is [B]c1ccc(CCC)c(F)c1O[Si](C)(C)C. The Morgan fingerprint density at radius 3 is 2.44 bits per heavy atom. The predicted molar refractivity (Wildman–Crippen MR) is 69.8 cm³/mol. The molecule has 0 spiro atoms. The zero-order valence-electron chi connectivity index (χ0n) is 10.4. The third kappa shape index (κ3) is 3.37. The molecule has 0 unspecified atom stereocenters. The molecule has 4 heteroatoms. The van der Waals surface area contributed by atoms with Crippen molar-refractivity contribution in [2.45, 2.75) is 39.4 Å². The first-order valence-corrected chi connectivity index (χ1v) is 9.02. The van der Waals surface area contributed by atoms with Crippen LogP contribution in [0.4, 0.5) is 4.39 Å². The fourth-order valence-electron chi connectivity index (χ4n) is 1.48. The van der Waals surface area contributed by atoms with E-state index < -0.39 is 8.32 Å². The van der Waals surface area contributed by atoms with Gasteiger partial charge in [0.05, 0.1) is 0 Å². The Kier molecular flexibility index (Phi) is 4.19. The van der Waals surface area contributed by atoms with Gasteiger partial charge < -0.3 is 4.43 Å². The van der Waals surface area contributed by atoms with Gasteiger partial charge >= 0.3 is 0 Å². The highest BCUT2D eigenvalue weighted by atomic mass is 28.4. The standard InChI is InChI=1S/C12H18BFOSi/c1-5-6-9-7-8-10(13)12(11(9)14)15-16(2,3)4/h7-8H,5-6H2,1-4H3. The Morgan fingerprint density at radius 1 is 1.31 bits per heavy atom. The summed E-state index contributed by atoms with van der Waals surface area (Å²) in [4.78, 5) is 0. The molecular formula is C12H18BFOSi. The van der Waals surface area contributed by atoms with Gasteiger partial charge in [0.15, 0.2) is 5.82 Å². The van der Waals surface area contributed by atoms with Crippen LogP contribution in [0.25, 0.3) is 0 Å². The molecule has 86 valence electrons. The van der Waals surface area contributed by atoms with E-state index in [9.17, 15) is 4.39 Å². The topological polar surface area (TPSA) is 9.23 Å². The maximum atomic E-state index is 14.1. The van der Waals surface area contributed by atoms with Crippen LogP contribution in [0, 0.1) is 5.82 Å². The van der Waals surface area contributed by atoms with E-state index in [1.807, 2.05) is 26.6 Å². The second-order valence-corrected chi connectivity index (χ2v) is 9.35. The Bertz CT molecular complexity index is 374. The maximum Gasteiger partial charge on any atom is 0.242 e. The lowest BCUT2D eigenvalue weighted by Crippen LogP contribution is -2.32. The third-order valence-electron chi connectivity index (χ3n) is 2.14. The first kappa shape index (κ1) is 13.3. The molecule has 0 aliphatic heterocycles. The number of aryl methyl sites for hydroxylation is 1. The van der Waals surface area contributed by atoms with Gasteiger partial charge in [-0.1, -0.05) is 30.9 Å². The average molecular weight is 236 g/mol. The van der Waals surface area contributed by atoms with Crippen molar-refractivity contribution < 1.29 is 8.82 Å². The van der Waals surface area contributed by atoms with Gasteiger partial charge in [0.25, 0.3) is 0 Å². The molecule has 16 heavy (non-hydrogen) atoms. The minimum atomic E-state index is -1.83. The zero-order chi connectivity index (χ0) is 12.3. The van der Waals surface area contributed by atoms with Crippen molar-refractivity contribution in [3.05, 3.63) is 23.5 Å². The van der Waals surface area contributed by atoms with E-state index >= 15 is 0 Å². The highest BCUT2D eigenvalue weighted by molar-refractivity contribution is 6.70. The van der Waals surface area contributed by atoms with Gasteiger partial charge in [-0.3, -0.25) is 0 Å². The van der Waals surface area contributed by atoms with Crippen molar-refractivity contribution in [1.82, 2.24) is 0 Å². The van der Waals surface area contributed by atoms with Crippen LogP contribution in [0.15, 0.2) is 12.1 Å². The van der Waals surface area contributed by atoms with Crippen LogP contribution in [0.1, 0.15) is 18.9 Å². The molecule has 0 heterocycles. The number of hydrogen-bond donors (Lipinski definition) is 0. The van der Waals surface area contributed by atoms with Crippen molar-refractivity contribution in [3.8, 4) is 5.75 Å². The lowest BCUT2D eigenvalue weighted by Gasteiger charge is -2.22. The average Bonchev–Trinajstić information content (AvgIpc) is 2.16. The number of hydrogen-bond acceptors (Lipinski definition) is 1. The zero-order valence-corrected chi connectivity index (χ0v) is 11.4. The molecule has 0 aromatic heterocycles. The largest absolute Gasteiger partial charge is 0.543 e. The molecule has 0 N–H and O–H groups in total. The van der Waals surface area contributed by atoms with Crippen molar-refractivity contribution in [3.63, 3.8) is 0 Å². The summed E-state index contributed by atoms with van der Waals surface area (Å²) in [5.74, 6) is -0.0469. The molecule has 0 saturated carbocycles. The summed E-state index contributed by atoms with van der Waals surface area (Å²) in [5.41, 5.74) is 1.07. The molecule has 1 nitrogen and oxygen atoms in total. The summed E-state index contributed by atoms with van der Waals surface area (Å²) in [6, 6.07) is 3.47. The van der Waals surface area contributed by atoms with Crippen LogP contribution < -0.4 is 9.89 Å². The summed E-state index contributed by atoms with van der Waals surface area (Å²) < 4.78 is 19.8. The number of rotatable bonds is 4. The molecule has 0 amide bonds. The fraction of sp³-hybridized carbons (Fsp3) is 0.500. The van der Waals surface area contributed by atoms with Gasteiger partial charge in [0, 0.05) is 0 Å². The minimum absolute atomic E-state index is 0.241. The van der Waals surface area contributed by atoms with E-state index in [0.29, 0.717) is 17.4 Å². The number of benzene rings is 1. The van der Waals surface area contributed by atoms with Gasteiger partial charge in [-0.25, -0.2) is 4.39 Å². The fourth-order valence-corrected chi connectivity index (χ4v) is 2.30. The molecule has 0 saturated heterocycles. The van der Waals surface area contributed by atoms with Gasteiger partial charge in [0.1, 0.15) is 13.6 Å². The number of halogens is 1. The Morgan fingerprint density at radius 2 is 1.94 bits per heavy atom. The monoisotopic (exact) mass is 236 g/mol. The van der Waals surface area contributed by atoms with E-state index in [1.54, 1.807) is 12.1 Å². The van der Waals surface area contributed by atoms with Crippen molar-refractivity contribution >= 4 is 21.6 Å². The van der Waals surface area contributed by atoms with Gasteiger partial charge in [-0.2, -0.15) is 0 Å². The van der Waals surface area contributed by atoms with Crippen LogP contribution in [0.3, 0.4) is 0 Å². The second-order valence-electron chi connectivity index (χ2n) is 4.92. The smallest absolute Gasteiger partial charge is 0.242 e. The maximum absolute atomic E-state index is 14.1. The molecular weight excluding hydrogens is 218 g/mol.